The van der Waals surface area contributed by atoms with E-state index >= 15 is 0 Å². The fraction of sp³-hybridized carbons (Fsp3) is 0.143. The van der Waals surface area contributed by atoms with Gasteiger partial charge in [0.25, 0.3) is 0 Å². The summed E-state index contributed by atoms with van der Waals surface area (Å²) in [4.78, 5) is 0. The molecule has 0 unspecified atom stereocenters. The largest absolute Gasteiger partial charge is 0.497 e. The third kappa shape index (κ3) is 8.41. The third-order valence-electron chi connectivity index (χ3n) is 1.13. The second kappa shape index (κ2) is 6.09. The lowest BCUT2D eigenvalue weighted by atomic mass is 10.3. The molecule has 1 aromatic rings. The topological polar surface area (TPSA) is 43.4 Å². The van der Waals surface area contributed by atoms with E-state index < -0.39 is 19.9 Å². The molecule has 0 aliphatic rings. The fourth-order valence-corrected chi connectivity index (χ4v) is 0.604. The van der Waals surface area contributed by atoms with Crippen LogP contribution in [0.5, 0.6) is 5.75 Å². The quantitative estimate of drug-likeness (QED) is 0.742. The van der Waals surface area contributed by atoms with Gasteiger partial charge in [-0.15, -0.1) is 0 Å². The van der Waals surface area contributed by atoms with Crippen molar-refractivity contribution in [1.29, 1.82) is 0 Å². The van der Waals surface area contributed by atoms with Gasteiger partial charge in [0.2, 0.25) is 0 Å². The zero-order chi connectivity index (χ0) is 12.1. The minimum Gasteiger partial charge on any atom is -0.497 e. The zero-order valence-corrected chi connectivity index (χ0v) is 9.71. The first-order chi connectivity index (χ1) is 6.74. The lowest BCUT2D eigenvalue weighted by Crippen LogP contribution is -1.86. The van der Waals surface area contributed by atoms with E-state index in [0.29, 0.717) is 5.75 Å². The molecule has 0 aliphatic carbocycles. The van der Waals surface area contributed by atoms with Crippen molar-refractivity contribution in [2.75, 3.05) is 7.11 Å². The lowest BCUT2D eigenvalue weighted by Gasteiger charge is -1.97. The SMILES string of the molecule is COc1ccc(F)c(F)c1.O=S(=O)(Cl)Cl. The Bertz CT molecular complexity index is 414. The highest BCUT2D eigenvalue weighted by Crippen LogP contribution is 2.13. The summed E-state index contributed by atoms with van der Waals surface area (Å²) >= 11 is 0. The molecule has 3 nitrogen and oxygen atoms in total. The predicted molar refractivity (Wildman–Crippen MR) is 53.5 cm³/mol. The lowest BCUT2D eigenvalue weighted by molar-refractivity contribution is 0.406. The van der Waals surface area contributed by atoms with Crippen LogP contribution in [0.3, 0.4) is 0 Å². The van der Waals surface area contributed by atoms with Crippen LogP contribution in [0.25, 0.3) is 0 Å². The van der Waals surface area contributed by atoms with E-state index in [9.17, 15) is 8.78 Å². The molecule has 0 aliphatic heterocycles. The van der Waals surface area contributed by atoms with Crippen molar-refractivity contribution < 1.29 is 21.9 Å². The first kappa shape index (κ1) is 14.4. The van der Waals surface area contributed by atoms with E-state index in [1.807, 2.05) is 0 Å². The smallest absolute Gasteiger partial charge is 0.317 e. The summed E-state index contributed by atoms with van der Waals surface area (Å²) in [5, 5.41) is 0. The summed E-state index contributed by atoms with van der Waals surface area (Å²) in [7, 11) is 6.21. The van der Waals surface area contributed by atoms with Crippen molar-refractivity contribution in [3.05, 3.63) is 29.8 Å². The fourth-order valence-electron chi connectivity index (χ4n) is 0.604. The van der Waals surface area contributed by atoms with Gasteiger partial charge in [-0.25, -0.2) is 8.78 Å². The molecule has 0 amide bonds. The molecule has 0 bridgehead atoms. The average molecular weight is 279 g/mol. The van der Waals surface area contributed by atoms with Crippen molar-refractivity contribution in [3.63, 3.8) is 0 Å². The monoisotopic (exact) mass is 278 g/mol. The maximum absolute atomic E-state index is 12.3. The number of hydrogen-bond donors (Lipinski definition) is 0. The summed E-state index contributed by atoms with van der Waals surface area (Å²) in [6, 6.07) is 3.38. The van der Waals surface area contributed by atoms with Gasteiger partial charge < -0.3 is 4.74 Å². The van der Waals surface area contributed by atoms with E-state index in [0.717, 1.165) is 12.1 Å². The summed E-state index contributed by atoms with van der Waals surface area (Å²) in [6.07, 6.45) is 0. The normalized spacial score (nSPS) is 10.2. The number of benzene rings is 1. The number of halogens is 4. The van der Waals surface area contributed by atoms with Crippen LogP contribution in [0.2, 0.25) is 0 Å². The Morgan fingerprint density at radius 2 is 1.67 bits per heavy atom. The van der Waals surface area contributed by atoms with Gasteiger partial charge >= 0.3 is 8.26 Å². The molecule has 0 spiro atoms. The van der Waals surface area contributed by atoms with Gasteiger partial charge in [0.05, 0.1) is 7.11 Å². The number of methoxy groups -OCH3 is 1. The predicted octanol–water partition coefficient (Wildman–Crippen LogP) is 2.68. The summed E-state index contributed by atoms with van der Waals surface area (Å²) in [5.41, 5.74) is 0. The van der Waals surface area contributed by atoms with Gasteiger partial charge in [0, 0.05) is 27.4 Å². The van der Waals surface area contributed by atoms with E-state index in [1.165, 1.54) is 13.2 Å². The highest BCUT2D eigenvalue weighted by atomic mass is 36.0. The molecule has 0 atom stereocenters. The minimum absolute atomic E-state index is 0.318. The average Bonchev–Trinajstić information content (AvgIpc) is 2.07. The maximum atomic E-state index is 12.3. The molecule has 0 saturated heterocycles. The van der Waals surface area contributed by atoms with Crippen LogP contribution < -0.4 is 4.74 Å². The molecular weight excluding hydrogens is 273 g/mol. The Labute approximate surface area is 94.5 Å². The number of rotatable bonds is 1. The molecule has 0 saturated carbocycles. The minimum atomic E-state index is -3.72. The van der Waals surface area contributed by atoms with Crippen LogP contribution in [-0.4, -0.2) is 15.5 Å². The summed E-state index contributed by atoms with van der Waals surface area (Å²) in [5.74, 6) is -1.43. The number of ether oxygens (including phenoxy) is 1. The second-order valence-corrected chi connectivity index (χ2v) is 5.83. The van der Waals surface area contributed by atoms with Crippen molar-refractivity contribution in [2.45, 2.75) is 0 Å². The molecule has 1 aromatic carbocycles. The highest BCUT2D eigenvalue weighted by molar-refractivity contribution is 8.31. The van der Waals surface area contributed by atoms with Gasteiger partial charge in [0.1, 0.15) is 5.75 Å². The van der Waals surface area contributed by atoms with E-state index in [4.69, 9.17) is 8.42 Å². The van der Waals surface area contributed by atoms with Crippen LogP contribution in [0.4, 0.5) is 8.78 Å². The maximum Gasteiger partial charge on any atom is 0.317 e. The molecule has 8 heteroatoms. The molecule has 0 radical (unpaired) electrons. The Kier molecular flexibility index (Phi) is 5.85. The van der Waals surface area contributed by atoms with Gasteiger partial charge in [-0.1, -0.05) is 0 Å². The van der Waals surface area contributed by atoms with Crippen LogP contribution in [-0.2, 0) is 8.26 Å². The van der Waals surface area contributed by atoms with E-state index in [2.05, 4.69) is 26.1 Å². The molecule has 0 aromatic heterocycles. The third-order valence-corrected chi connectivity index (χ3v) is 1.13. The van der Waals surface area contributed by atoms with Gasteiger partial charge in [-0.3, -0.25) is 0 Å². The Balaban J connectivity index is 0.000000336. The van der Waals surface area contributed by atoms with Crippen LogP contribution >= 0.6 is 21.4 Å². The van der Waals surface area contributed by atoms with Crippen molar-refractivity contribution in [3.8, 4) is 5.75 Å². The highest BCUT2D eigenvalue weighted by Gasteiger charge is 2.00. The van der Waals surface area contributed by atoms with E-state index in [-0.39, 0.29) is 0 Å². The van der Waals surface area contributed by atoms with Crippen LogP contribution in [0, 0.1) is 11.6 Å². The van der Waals surface area contributed by atoms with E-state index in [1.54, 1.807) is 0 Å². The molecule has 1 rings (SSSR count). The van der Waals surface area contributed by atoms with Crippen molar-refractivity contribution in [2.24, 2.45) is 0 Å². The Hall–Kier alpha value is -0.590. The molecule has 86 valence electrons. The Morgan fingerprint density at radius 1 is 1.20 bits per heavy atom. The first-order valence-corrected chi connectivity index (χ1v) is 6.51. The van der Waals surface area contributed by atoms with Crippen molar-refractivity contribution >= 4 is 29.6 Å². The van der Waals surface area contributed by atoms with Crippen LogP contribution in [0.15, 0.2) is 18.2 Å². The zero-order valence-electron chi connectivity index (χ0n) is 7.38. The van der Waals surface area contributed by atoms with Gasteiger partial charge in [-0.2, -0.15) is 8.42 Å². The summed E-state index contributed by atoms with van der Waals surface area (Å²) < 4.78 is 47.5. The second-order valence-electron chi connectivity index (χ2n) is 2.16. The summed E-state index contributed by atoms with van der Waals surface area (Å²) in [6.45, 7) is 0. The molecule has 15 heavy (non-hydrogen) atoms. The number of hydrogen-bond acceptors (Lipinski definition) is 3. The van der Waals surface area contributed by atoms with Crippen molar-refractivity contribution in [1.82, 2.24) is 0 Å². The molecule has 0 fully saturated rings. The van der Waals surface area contributed by atoms with Gasteiger partial charge in [0.15, 0.2) is 11.6 Å². The molecule has 0 N–H and O–H groups in total. The Morgan fingerprint density at radius 3 is 2.00 bits per heavy atom. The van der Waals surface area contributed by atoms with Crippen LogP contribution in [0.1, 0.15) is 0 Å². The first-order valence-electron chi connectivity index (χ1n) is 3.37. The molecular formula is C7H6Cl2F2O3S. The standard InChI is InChI=1S/C7H6F2O.Cl2O2S/c1-10-5-2-3-6(8)7(9)4-5;1-5(2,3)4/h2-4H,1H3;. The van der Waals surface area contributed by atoms with Gasteiger partial charge in [-0.05, 0) is 12.1 Å². The molecule has 0 heterocycles.